The third-order valence-electron chi connectivity index (χ3n) is 2.48. The van der Waals surface area contributed by atoms with Gasteiger partial charge in [-0.3, -0.25) is 4.79 Å². The number of hydrazine groups is 1. The summed E-state index contributed by atoms with van der Waals surface area (Å²) in [6, 6.07) is 8.82. The second-order valence-corrected chi connectivity index (χ2v) is 3.98. The van der Waals surface area contributed by atoms with Gasteiger partial charge >= 0.3 is 5.97 Å². The number of allylic oxidation sites excluding steroid dienone is 1. The number of rotatable bonds is 6. The Morgan fingerprint density at radius 3 is 3.00 bits per heavy atom. The Hall–Kier alpha value is -3.29. The lowest BCUT2D eigenvalue weighted by Crippen LogP contribution is -2.33. The van der Waals surface area contributed by atoms with Gasteiger partial charge in [0, 0.05) is 5.70 Å². The highest BCUT2D eigenvalue weighted by Crippen LogP contribution is 2.11. The van der Waals surface area contributed by atoms with Crippen molar-refractivity contribution in [1.82, 2.24) is 11.0 Å². The molecular formula is C15H15N5O2. The molecule has 0 fully saturated rings. The molecule has 112 valence electrons. The zero-order valence-electron chi connectivity index (χ0n) is 12.0. The summed E-state index contributed by atoms with van der Waals surface area (Å²) >= 11 is 0. The van der Waals surface area contributed by atoms with Crippen molar-refractivity contribution in [3.05, 3.63) is 41.5 Å². The Labute approximate surface area is 128 Å². The minimum Gasteiger partial charge on any atom is -0.468 e. The predicted molar refractivity (Wildman–Crippen MR) is 82.7 cm³/mol. The quantitative estimate of drug-likeness (QED) is 0.226. The van der Waals surface area contributed by atoms with Crippen molar-refractivity contribution in [2.45, 2.75) is 0 Å². The van der Waals surface area contributed by atoms with Crippen LogP contribution in [0.5, 0.6) is 0 Å². The summed E-state index contributed by atoms with van der Waals surface area (Å²) in [5, 5.41) is 12.7. The highest BCUT2D eigenvalue weighted by Gasteiger charge is 2.01. The second kappa shape index (κ2) is 8.80. The van der Waals surface area contributed by atoms with E-state index in [2.05, 4.69) is 26.7 Å². The molecule has 0 saturated heterocycles. The molecule has 22 heavy (non-hydrogen) atoms. The number of nitrogens with zero attached hydrogens (tertiary/aromatic N) is 2. The number of hydrogen-bond acceptors (Lipinski definition) is 7. The van der Waals surface area contributed by atoms with Crippen LogP contribution in [-0.2, 0) is 9.53 Å². The molecule has 1 rings (SSSR count). The van der Waals surface area contributed by atoms with Crippen molar-refractivity contribution >= 4 is 17.4 Å². The van der Waals surface area contributed by atoms with E-state index in [1.165, 1.54) is 13.2 Å². The van der Waals surface area contributed by atoms with E-state index >= 15 is 0 Å². The highest BCUT2D eigenvalue weighted by molar-refractivity contribution is 6.11. The largest absolute Gasteiger partial charge is 0.468 e. The maximum atomic E-state index is 10.9. The number of hydrazone groups is 1. The summed E-state index contributed by atoms with van der Waals surface area (Å²) in [5.74, 6) is 1.89. The van der Waals surface area contributed by atoms with Crippen LogP contribution in [0.25, 0.3) is 5.70 Å². The summed E-state index contributed by atoms with van der Waals surface area (Å²) in [6.45, 7) is -0.0682. The van der Waals surface area contributed by atoms with Crippen molar-refractivity contribution in [2.24, 2.45) is 10.8 Å². The lowest BCUT2D eigenvalue weighted by atomic mass is 10.1. The number of hydrogen-bond donors (Lipinski definition) is 3. The molecule has 1 aromatic carbocycles. The Kier molecular flexibility index (Phi) is 6.70. The summed E-state index contributed by atoms with van der Waals surface area (Å²) in [7, 11) is 1.28. The highest BCUT2D eigenvalue weighted by atomic mass is 16.5. The molecule has 1 aromatic rings. The van der Waals surface area contributed by atoms with Crippen molar-refractivity contribution < 1.29 is 9.53 Å². The van der Waals surface area contributed by atoms with Crippen molar-refractivity contribution in [1.29, 1.82) is 5.26 Å². The number of esters is 1. The maximum Gasteiger partial charge on any atom is 0.321 e. The molecule has 0 heterocycles. The van der Waals surface area contributed by atoms with E-state index in [9.17, 15) is 4.79 Å². The van der Waals surface area contributed by atoms with Gasteiger partial charge in [-0.05, 0) is 29.7 Å². The topological polar surface area (TPSA) is 113 Å². The molecule has 0 aliphatic rings. The molecule has 0 aliphatic carbocycles. The molecule has 0 amide bonds. The number of ether oxygens (including phenoxy) is 1. The first-order chi connectivity index (χ1) is 10.6. The van der Waals surface area contributed by atoms with Gasteiger partial charge in [-0.1, -0.05) is 12.1 Å². The monoisotopic (exact) mass is 297 g/mol. The van der Waals surface area contributed by atoms with Gasteiger partial charge in [0.15, 0.2) is 0 Å². The van der Waals surface area contributed by atoms with Gasteiger partial charge in [-0.15, -0.1) is 6.42 Å². The molecule has 0 saturated carbocycles. The Balaban J connectivity index is 2.76. The van der Waals surface area contributed by atoms with E-state index < -0.39 is 5.97 Å². The molecule has 0 atom stereocenters. The number of benzene rings is 1. The van der Waals surface area contributed by atoms with E-state index in [0.29, 0.717) is 16.8 Å². The number of nitrogens with one attached hydrogen (secondary N) is 2. The van der Waals surface area contributed by atoms with Gasteiger partial charge in [0.05, 0.1) is 18.7 Å². The van der Waals surface area contributed by atoms with E-state index in [1.54, 1.807) is 24.3 Å². The SMILES string of the molecule is C#CC(C=C(N)c1cccc(C#N)c1)=NNNCC(=O)OC. The van der Waals surface area contributed by atoms with Crippen LogP contribution in [0.3, 0.4) is 0 Å². The van der Waals surface area contributed by atoms with Crippen LogP contribution in [0.15, 0.2) is 35.4 Å². The lowest BCUT2D eigenvalue weighted by molar-refractivity contribution is -0.139. The molecule has 0 aliphatic heterocycles. The zero-order chi connectivity index (χ0) is 16.4. The maximum absolute atomic E-state index is 10.9. The minimum atomic E-state index is -0.451. The third-order valence-corrected chi connectivity index (χ3v) is 2.48. The van der Waals surface area contributed by atoms with Gasteiger partial charge in [-0.2, -0.15) is 10.4 Å². The van der Waals surface area contributed by atoms with Gasteiger partial charge < -0.3 is 10.5 Å². The molecule has 0 bridgehead atoms. The number of terminal acetylenes is 1. The Bertz CT molecular complexity index is 680. The van der Waals surface area contributed by atoms with Crippen LogP contribution < -0.4 is 16.7 Å². The first-order valence-electron chi connectivity index (χ1n) is 6.17. The van der Waals surface area contributed by atoms with Gasteiger partial charge in [0.2, 0.25) is 0 Å². The fraction of sp³-hybridized carbons (Fsp3) is 0.133. The zero-order valence-corrected chi connectivity index (χ0v) is 12.0. The molecule has 0 radical (unpaired) electrons. The lowest BCUT2D eigenvalue weighted by Gasteiger charge is -2.04. The van der Waals surface area contributed by atoms with E-state index in [1.807, 2.05) is 6.07 Å². The average Bonchev–Trinajstić information content (AvgIpc) is 2.56. The molecule has 7 heteroatoms. The van der Waals surface area contributed by atoms with Crippen molar-refractivity contribution in [3.63, 3.8) is 0 Å². The normalized spacial score (nSPS) is 11.2. The number of methoxy groups -OCH3 is 1. The number of carbonyl (C=O) groups is 1. The first-order valence-corrected chi connectivity index (χ1v) is 6.17. The van der Waals surface area contributed by atoms with E-state index in [-0.39, 0.29) is 12.3 Å². The van der Waals surface area contributed by atoms with E-state index in [4.69, 9.17) is 17.4 Å². The molecule has 0 spiro atoms. The summed E-state index contributed by atoms with van der Waals surface area (Å²) in [4.78, 5) is 10.9. The standard InChI is InChI=1S/C15H15N5O2/c1-3-13(19-20-18-10-15(21)22-2)8-14(17)12-6-4-5-11(7-12)9-16/h1,4-8,18,20H,10,17H2,2H3. The van der Waals surface area contributed by atoms with Crippen LogP contribution in [0.1, 0.15) is 11.1 Å². The van der Waals surface area contributed by atoms with Gasteiger partial charge in [-0.25, -0.2) is 11.0 Å². The molecule has 0 unspecified atom stereocenters. The summed E-state index contributed by atoms with van der Waals surface area (Å²) in [5.41, 5.74) is 12.6. The van der Waals surface area contributed by atoms with Crippen molar-refractivity contribution in [3.8, 4) is 18.4 Å². The molecule has 0 aromatic heterocycles. The Morgan fingerprint density at radius 2 is 2.36 bits per heavy atom. The van der Waals surface area contributed by atoms with Crippen LogP contribution in [-0.4, -0.2) is 25.3 Å². The van der Waals surface area contributed by atoms with Crippen LogP contribution in [0.2, 0.25) is 0 Å². The molecule has 7 nitrogen and oxygen atoms in total. The van der Waals surface area contributed by atoms with Crippen LogP contribution >= 0.6 is 0 Å². The predicted octanol–water partition coefficient (Wildman–Crippen LogP) is 0.114. The molecule has 4 N–H and O–H groups in total. The minimum absolute atomic E-state index is 0.0682. The third kappa shape index (κ3) is 5.37. The van der Waals surface area contributed by atoms with Gasteiger partial charge in [0.25, 0.3) is 0 Å². The van der Waals surface area contributed by atoms with E-state index in [0.717, 1.165) is 0 Å². The number of nitriles is 1. The summed E-state index contributed by atoms with van der Waals surface area (Å²) < 4.78 is 4.44. The average molecular weight is 297 g/mol. The van der Waals surface area contributed by atoms with Gasteiger partial charge in [0.1, 0.15) is 12.3 Å². The first kappa shape index (κ1) is 16.8. The smallest absolute Gasteiger partial charge is 0.321 e. The number of carbonyl (C=O) groups excluding carboxylic acids is 1. The van der Waals surface area contributed by atoms with Crippen LogP contribution in [0, 0.1) is 23.7 Å². The fourth-order valence-electron chi connectivity index (χ4n) is 1.39. The number of nitrogens with two attached hydrogens (primary N) is 1. The molecular weight excluding hydrogens is 282 g/mol. The van der Waals surface area contributed by atoms with Crippen molar-refractivity contribution in [2.75, 3.05) is 13.7 Å². The van der Waals surface area contributed by atoms with Crippen LogP contribution in [0.4, 0.5) is 0 Å². The second-order valence-electron chi connectivity index (χ2n) is 3.98. The summed E-state index contributed by atoms with van der Waals surface area (Å²) in [6.07, 6.45) is 6.81. The Morgan fingerprint density at radius 1 is 1.59 bits per heavy atom. The fourth-order valence-corrected chi connectivity index (χ4v) is 1.39.